The Balaban J connectivity index is 2.29. The first-order valence-corrected chi connectivity index (χ1v) is 6.94. The number of benzene rings is 2. The topological polar surface area (TPSA) is 32.6 Å². The molecule has 2 aromatic rings. The maximum absolute atomic E-state index is 10.4. The highest BCUT2D eigenvalue weighted by molar-refractivity contribution is 7.78. The number of nitrogens with zero attached hydrogens (tertiary/aromatic N) is 1. The number of aliphatic hydroxyl groups is 1. The molecule has 2 atom stereocenters. The van der Waals surface area contributed by atoms with Gasteiger partial charge in [-0.05, 0) is 30.3 Å². The Morgan fingerprint density at radius 2 is 1.65 bits per heavy atom. The molecule has 1 N–H and O–H groups in total. The van der Waals surface area contributed by atoms with E-state index in [2.05, 4.69) is 10.2 Å². The molecular weight excluding hydrogens is 266 g/mol. The minimum absolute atomic E-state index is 0.463. The van der Waals surface area contributed by atoms with Crippen LogP contribution in [0.15, 0.2) is 65.7 Å². The fourth-order valence-electron chi connectivity index (χ4n) is 2.30. The molecule has 20 heavy (non-hydrogen) atoms. The zero-order valence-electron chi connectivity index (χ0n) is 11.4. The summed E-state index contributed by atoms with van der Waals surface area (Å²) in [6.45, 7) is 1.97. The average molecular weight is 283 g/mol. The first-order chi connectivity index (χ1) is 9.65. The van der Waals surface area contributed by atoms with Crippen molar-refractivity contribution in [1.29, 1.82) is 0 Å². The van der Waals surface area contributed by atoms with Crippen LogP contribution in [0.4, 0.5) is 0 Å². The maximum Gasteiger partial charge on any atom is 0.0959 e. The summed E-state index contributed by atoms with van der Waals surface area (Å²) in [6, 6.07) is 19.5. The molecule has 0 saturated carbocycles. The van der Waals surface area contributed by atoms with E-state index in [4.69, 9.17) is 12.2 Å². The number of aliphatic hydroxyl groups excluding tert-OH is 1. The summed E-state index contributed by atoms with van der Waals surface area (Å²) in [6.07, 6.45) is -0.126. The van der Waals surface area contributed by atoms with Crippen molar-refractivity contribution in [1.82, 2.24) is 0 Å². The molecule has 0 fully saturated rings. The van der Waals surface area contributed by atoms with Crippen molar-refractivity contribution in [3.8, 4) is 0 Å². The third-order valence-electron chi connectivity index (χ3n) is 3.46. The highest BCUT2D eigenvalue weighted by Crippen LogP contribution is 2.34. The van der Waals surface area contributed by atoms with E-state index in [1.807, 2.05) is 67.6 Å². The van der Waals surface area contributed by atoms with Gasteiger partial charge >= 0.3 is 0 Å². The van der Waals surface area contributed by atoms with Crippen molar-refractivity contribution >= 4 is 17.4 Å². The summed E-state index contributed by atoms with van der Waals surface area (Å²) < 4.78 is 0. The molecule has 2 aromatic carbocycles. The Hall–Kier alpha value is -1.80. The van der Waals surface area contributed by atoms with Crippen LogP contribution in [0.5, 0.6) is 0 Å². The predicted octanol–water partition coefficient (Wildman–Crippen LogP) is 4.13. The number of rotatable bonds is 5. The number of hydrogen-bond acceptors (Lipinski definition) is 3. The molecule has 0 aromatic heterocycles. The van der Waals surface area contributed by atoms with Gasteiger partial charge in [0.2, 0.25) is 0 Å². The number of hydrogen-bond donors (Lipinski definition) is 1. The zero-order chi connectivity index (χ0) is 14.4. The van der Waals surface area contributed by atoms with Crippen molar-refractivity contribution in [2.75, 3.05) is 0 Å². The van der Waals surface area contributed by atoms with Crippen LogP contribution in [0.1, 0.15) is 30.6 Å². The highest BCUT2D eigenvalue weighted by Gasteiger charge is 2.29. The predicted molar refractivity (Wildman–Crippen MR) is 84.8 cm³/mol. The van der Waals surface area contributed by atoms with E-state index in [0.717, 1.165) is 11.1 Å². The van der Waals surface area contributed by atoms with Gasteiger partial charge < -0.3 is 5.11 Å². The number of isothiocyanates is 1. The van der Waals surface area contributed by atoms with Crippen LogP contribution >= 0.6 is 12.2 Å². The van der Waals surface area contributed by atoms with Crippen molar-refractivity contribution in [3.63, 3.8) is 0 Å². The third-order valence-corrected chi connectivity index (χ3v) is 3.55. The summed E-state index contributed by atoms with van der Waals surface area (Å²) >= 11 is 4.77. The first kappa shape index (κ1) is 14.6. The van der Waals surface area contributed by atoms with Gasteiger partial charge in [0.05, 0.1) is 16.8 Å². The Morgan fingerprint density at radius 3 is 2.20 bits per heavy atom. The summed E-state index contributed by atoms with van der Waals surface area (Å²) in [5, 5.41) is 12.9. The second-order valence-corrected chi connectivity index (χ2v) is 5.16. The maximum atomic E-state index is 10.4. The van der Waals surface area contributed by atoms with Gasteiger partial charge in [-0.2, -0.15) is 0 Å². The smallest absolute Gasteiger partial charge is 0.0959 e. The molecule has 102 valence electrons. The molecule has 0 aliphatic rings. The van der Waals surface area contributed by atoms with E-state index in [0.29, 0.717) is 6.42 Å². The van der Waals surface area contributed by atoms with Crippen LogP contribution in [0.25, 0.3) is 0 Å². The van der Waals surface area contributed by atoms with Crippen LogP contribution < -0.4 is 0 Å². The lowest BCUT2D eigenvalue weighted by Gasteiger charge is -2.27. The van der Waals surface area contributed by atoms with Gasteiger partial charge in [0.15, 0.2) is 0 Å². The third kappa shape index (κ3) is 3.40. The Labute approximate surface area is 124 Å². The van der Waals surface area contributed by atoms with Crippen molar-refractivity contribution in [2.24, 2.45) is 4.99 Å². The summed E-state index contributed by atoms with van der Waals surface area (Å²) in [7, 11) is 0. The molecular formula is C17H17NOS. The fourth-order valence-corrected chi connectivity index (χ4v) is 2.50. The molecule has 0 amide bonds. The van der Waals surface area contributed by atoms with Gasteiger partial charge in [-0.3, -0.25) is 0 Å². The van der Waals surface area contributed by atoms with Gasteiger partial charge in [0, 0.05) is 6.42 Å². The molecule has 0 aliphatic carbocycles. The molecule has 2 rings (SSSR count). The Bertz CT molecular complexity index is 593. The molecule has 2 nitrogen and oxygen atoms in total. The largest absolute Gasteiger partial charge is 0.388 e. The Kier molecular flexibility index (Phi) is 4.80. The van der Waals surface area contributed by atoms with Crippen molar-refractivity contribution in [3.05, 3.63) is 71.8 Å². The number of thiocarbonyl (C=S) groups is 1. The van der Waals surface area contributed by atoms with E-state index in [1.54, 1.807) is 0 Å². The summed E-state index contributed by atoms with van der Waals surface area (Å²) in [5.74, 6) is 0. The second-order valence-electron chi connectivity index (χ2n) is 4.97. The Morgan fingerprint density at radius 1 is 1.10 bits per heavy atom. The van der Waals surface area contributed by atoms with Gasteiger partial charge in [-0.1, -0.05) is 60.7 Å². The molecule has 0 bridgehead atoms. The van der Waals surface area contributed by atoms with Crippen LogP contribution in [-0.4, -0.2) is 10.3 Å². The lowest BCUT2D eigenvalue weighted by Crippen LogP contribution is -2.22. The quantitative estimate of drug-likeness (QED) is 0.661. The summed E-state index contributed by atoms with van der Waals surface area (Å²) in [5.41, 5.74) is 1.33. The normalized spacial score (nSPS) is 14.9. The van der Waals surface area contributed by atoms with Gasteiger partial charge in [-0.15, -0.1) is 0 Å². The standard InChI is InChI=1S/C17H17NOS/c1-17(18-13-20,15-10-6-3-7-11-15)12-16(19)14-8-4-2-5-9-14/h2-11,16,19H,12H2,1H3/t16-,17+/m1/s1. The van der Waals surface area contributed by atoms with Crippen molar-refractivity contribution < 1.29 is 5.11 Å². The van der Waals surface area contributed by atoms with Crippen molar-refractivity contribution in [2.45, 2.75) is 25.0 Å². The zero-order valence-corrected chi connectivity index (χ0v) is 12.2. The van der Waals surface area contributed by atoms with Gasteiger partial charge in [0.1, 0.15) is 0 Å². The van der Waals surface area contributed by atoms with E-state index in [1.165, 1.54) is 0 Å². The molecule has 0 radical (unpaired) electrons. The molecule has 0 spiro atoms. The van der Waals surface area contributed by atoms with E-state index >= 15 is 0 Å². The van der Waals surface area contributed by atoms with E-state index in [-0.39, 0.29) is 0 Å². The molecule has 0 aliphatic heterocycles. The lowest BCUT2D eigenvalue weighted by molar-refractivity contribution is 0.138. The minimum Gasteiger partial charge on any atom is -0.388 e. The van der Waals surface area contributed by atoms with Crippen LogP contribution in [0, 0.1) is 0 Å². The molecule has 0 heterocycles. The van der Waals surface area contributed by atoms with Gasteiger partial charge in [-0.25, -0.2) is 4.99 Å². The van der Waals surface area contributed by atoms with Crippen LogP contribution in [-0.2, 0) is 5.54 Å². The molecule has 3 heteroatoms. The average Bonchev–Trinajstić information content (AvgIpc) is 2.49. The minimum atomic E-state index is -0.589. The second kappa shape index (κ2) is 6.58. The van der Waals surface area contributed by atoms with Crippen LogP contribution in [0.3, 0.4) is 0 Å². The number of aliphatic imine (C=N–C) groups is 1. The highest BCUT2D eigenvalue weighted by atomic mass is 32.1. The van der Waals surface area contributed by atoms with E-state index in [9.17, 15) is 5.11 Å². The summed E-state index contributed by atoms with van der Waals surface area (Å²) in [4.78, 5) is 4.30. The lowest BCUT2D eigenvalue weighted by atomic mass is 9.85. The fraction of sp³-hybridized carbons (Fsp3) is 0.235. The van der Waals surface area contributed by atoms with Gasteiger partial charge in [0.25, 0.3) is 0 Å². The molecule has 0 unspecified atom stereocenters. The SMILES string of the molecule is C[C@@](C[C@@H](O)c1ccccc1)(N=C=S)c1ccccc1. The monoisotopic (exact) mass is 283 g/mol. The van der Waals surface area contributed by atoms with Crippen LogP contribution in [0.2, 0.25) is 0 Å². The molecule has 0 saturated heterocycles. The van der Waals surface area contributed by atoms with E-state index < -0.39 is 11.6 Å². The first-order valence-electron chi connectivity index (χ1n) is 6.53.